The van der Waals surface area contributed by atoms with Crippen molar-refractivity contribution in [2.75, 3.05) is 19.6 Å². The van der Waals surface area contributed by atoms with E-state index < -0.39 is 0 Å². The fourth-order valence-corrected chi connectivity index (χ4v) is 2.25. The van der Waals surface area contributed by atoms with Crippen LogP contribution in [0.2, 0.25) is 0 Å². The van der Waals surface area contributed by atoms with E-state index in [9.17, 15) is 14.0 Å². The molecule has 0 aliphatic rings. The molecule has 1 rings (SSSR count). The quantitative estimate of drug-likeness (QED) is 0.509. The first kappa shape index (κ1) is 20.1. The molecule has 5 nitrogen and oxygen atoms in total. The van der Waals surface area contributed by atoms with Gasteiger partial charge < -0.3 is 16.4 Å². The van der Waals surface area contributed by atoms with Crippen LogP contribution in [0.25, 0.3) is 0 Å². The van der Waals surface area contributed by atoms with Crippen LogP contribution in [0.15, 0.2) is 24.3 Å². The van der Waals surface area contributed by atoms with E-state index >= 15 is 0 Å². The van der Waals surface area contributed by atoms with Gasteiger partial charge in [-0.1, -0.05) is 18.6 Å². The molecule has 0 spiro atoms. The summed E-state index contributed by atoms with van der Waals surface area (Å²) in [6, 6.07) is 5.92. The number of unbranched alkanes of at least 4 members (excludes halogenated alkanes) is 3. The molecule has 0 unspecified atom stereocenters. The fraction of sp³-hybridized carbons (Fsp3) is 0.556. The van der Waals surface area contributed by atoms with E-state index in [2.05, 4.69) is 10.6 Å². The number of nitrogens with two attached hydrogens (primary N) is 1. The highest BCUT2D eigenvalue weighted by Gasteiger charge is 2.03. The molecule has 1 aromatic carbocycles. The first-order valence-electron chi connectivity index (χ1n) is 8.59. The molecule has 0 atom stereocenters. The zero-order chi connectivity index (χ0) is 17.6. The summed E-state index contributed by atoms with van der Waals surface area (Å²) in [4.78, 5) is 23.3. The minimum Gasteiger partial charge on any atom is -0.356 e. The number of hydrogen-bond acceptors (Lipinski definition) is 3. The molecule has 0 aliphatic carbocycles. The molecule has 0 saturated carbocycles. The van der Waals surface area contributed by atoms with Crippen molar-refractivity contribution >= 4 is 11.8 Å². The fourth-order valence-electron chi connectivity index (χ4n) is 2.25. The highest BCUT2D eigenvalue weighted by molar-refractivity contribution is 5.78. The van der Waals surface area contributed by atoms with Gasteiger partial charge in [-0.3, -0.25) is 9.59 Å². The smallest absolute Gasteiger partial charge is 0.224 e. The van der Waals surface area contributed by atoms with Crippen LogP contribution < -0.4 is 16.4 Å². The predicted octanol–water partition coefficient (Wildman–Crippen LogP) is 1.90. The van der Waals surface area contributed by atoms with Gasteiger partial charge >= 0.3 is 0 Å². The molecule has 0 fully saturated rings. The van der Waals surface area contributed by atoms with Gasteiger partial charge in [0.05, 0.1) is 6.42 Å². The van der Waals surface area contributed by atoms with Crippen molar-refractivity contribution in [1.82, 2.24) is 10.6 Å². The van der Waals surface area contributed by atoms with Crippen LogP contribution in [-0.2, 0) is 16.0 Å². The summed E-state index contributed by atoms with van der Waals surface area (Å²) in [6.45, 7) is 1.88. The molecule has 0 radical (unpaired) electrons. The molecule has 1 aromatic rings. The maximum Gasteiger partial charge on any atom is 0.224 e. The SMILES string of the molecule is NCCCCCC(=O)NCCCCNC(=O)Cc1ccc(F)cc1. The number of halogens is 1. The standard InChI is InChI=1S/C18H28FN3O2/c19-16-9-7-15(8-10-16)14-18(24)22-13-5-4-12-21-17(23)6-2-1-3-11-20/h7-10H,1-6,11-14,20H2,(H,21,23)(H,22,24). The Labute approximate surface area is 143 Å². The number of amides is 2. The summed E-state index contributed by atoms with van der Waals surface area (Å²) in [5, 5.41) is 5.70. The molecule has 0 aromatic heterocycles. The molecule has 134 valence electrons. The first-order valence-corrected chi connectivity index (χ1v) is 8.59. The monoisotopic (exact) mass is 337 g/mol. The van der Waals surface area contributed by atoms with Crippen molar-refractivity contribution in [3.63, 3.8) is 0 Å². The Morgan fingerprint density at radius 2 is 1.50 bits per heavy atom. The minimum absolute atomic E-state index is 0.0763. The molecular formula is C18H28FN3O2. The number of benzene rings is 1. The number of carbonyl (C=O) groups is 2. The van der Waals surface area contributed by atoms with E-state index in [1.165, 1.54) is 12.1 Å². The lowest BCUT2D eigenvalue weighted by atomic mass is 10.1. The third-order valence-electron chi connectivity index (χ3n) is 3.63. The molecule has 0 bridgehead atoms. The highest BCUT2D eigenvalue weighted by Crippen LogP contribution is 2.03. The molecule has 0 aliphatic heterocycles. The average molecular weight is 337 g/mol. The minimum atomic E-state index is -0.305. The molecule has 6 heteroatoms. The van der Waals surface area contributed by atoms with E-state index in [0.717, 1.165) is 37.7 Å². The van der Waals surface area contributed by atoms with Crippen LogP contribution in [0, 0.1) is 5.82 Å². The summed E-state index contributed by atoms with van der Waals surface area (Å²) in [7, 11) is 0. The van der Waals surface area contributed by atoms with Crippen LogP contribution in [0.5, 0.6) is 0 Å². The average Bonchev–Trinajstić information content (AvgIpc) is 2.57. The van der Waals surface area contributed by atoms with Gasteiger partial charge in [0, 0.05) is 19.5 Å². The molecule has 0 saturated heterocycles. The van der Waals surface area contributed by atoms with Gasteiger partial charge in [-0.25, -0.2) is 4.39 Å². The van der Waals surface area contributed by atoms with E-state index in [1.807, 2.05) is 0 Å². The third kappa shape index (κ3) is 9.94. The predicted molar refractivity (Wildman–Crippen MR) is 92.9 cm³/mol. The largest absolute Gasteiger partial charge is 0.356 e. The van der Waals surface area contributed by atoms with Gasteiger partial charge in [-0.15, -0.1) is 0 Å². The van der Waals surface area contributed by atoms with Crippen molar-refractivity contribution < 1.29 is 14.0 Å². The van der Waals surface area contributed by atoms with Crippen molar-refractivity contribution in [2.24, 2.45) is 5.73 Å². The highest BCUT2D eigenvalue weighted by atomic mass is 19.1. The Kier molecular flexibility index (Phi) is 10.4. The Bertz CT molecular complexity index is 492. The van der Waals surface area contributed by atoms with Gasteiger partial charge in [-0.05, 0) is 49.9 Å². The van der Waals surface area contributed by atoms with Gasteiger partial charge in [0.1, 0.15) is 5.82 Å². The molecule has 2 amide bonds. The molecule has 0 heterocycles. The third-order valence-corrected chi connectivity index (χ3v) is 3.63. The Hall–Kier alpha value is -1.95. The van der Waals surface area contributed by atoms with E-state index in [0.29, 0.717) is 26.1 Å². The second kappa shape index (κ2) is 12.5. The van der Waals surface area contributed by atoms with Gasteiger partial charge in [-0.2, -0.15) is 0 Å². The van der Waals surface area contributed by atoms with Crippen molar-refractivity contribution in [2.45, 2.75) is 44.9 Å². The van der Waals surface area contributed by atoms with Crippen LogP contribution >= 0.6 is 0 Å². The first-order chi connectivity index (χ1) is 11.6. The normalized spacial score (nSPS) is 10.4. The van der Waals surface area contributed by atoms with E-state index in [4.69, 9.17) is 5.73 Å². The van der Waals surface area contributed by atoms with Crippen LogP contribution in [0.4, 0.5) is 4.39 Å². The molecule has 24 heavy (non-hydrogen) atoms. The Morgan fingerprint density at radius 1 is 0.875 bits per heavy atom. The summed E-state index contributed by atoms with van der Waals surface area (Å²) in [6.07, 6.45) is 5.26. The number of carbonyl (C=O) groups excluding carboxylic acids is 2. The zero-order valence-corrected chi connectivity index (χ0v) is 14.2. The molecular weight excluding hydrogens is 309 g/mol. The van der Waals surface area contributed by atoms with Gasteiger partial charge in [0.25, 0.3) is 0 Å². The lowest BCUT2D eigenvalue weighted by Crippen LogP contribution is -2.28. The van der Waals surface area contributed by atoms with Crippen molar-refractivity contribution in [3.05, 3.63) is 35.6 Å². The summed E-state index contributed by atoms with van der Waals surface area (Å²) < 4.78 is 12.8. The van der Waals surface area contributed by atoms with Crippen LogP contribution in [-0.4, -0.2) is 31.4 Å². The number of nitrogens with one attached hydrogen (secondary N) is 2. The Morgan fingerprint density at radius 3 is 2.12 bits per heavy atom. The second-order valence-corrected chi connectivity index (χ2v) is 5.81. The Balaban J connectivity index is 1.98. The second-order valence-electron chi connectivity index (χ2n) is 5.81. The lowest BCUT2D eigenvalue weighted by Gasteiger charge is -2.07. The van der Waals surface area contributed by atoms with Gasteiger partial charge in [0.15, 0.2) is 0 Å². The van der Waals surface area contributed by atoms with E-state index in [-0.39, 0.29) is 24.1 Å². The summed E-state index contributed by atoms with van der Waals surface area (Å²) in [5.74, 6) is -0.307. The summed E-state index contributed by atoms with van der Waals surface area (Å²) >= 11 is 0. The van der Waals surface area contributed by atoms with Crippen LogP contribution in [0.3, 0.4) is 0 Å². The zero-order valence-electron chi connectivity index (χ0n) is 14.2. The summed E-state index contributed by atoms with van der Waals surface area (Å²) in [5.41, 5.74) is 6.18. The topological polar surface area (TPSA) is 84.2 Å². The number of hydrogen-bond donors (Lipinski definition) is 3. The van der Waals surface area contributed by atoms with Gasteiger partial charge in [0.2, 0.25) is 11.8 Å². The van der Waals surface area contributed by atoms with Crippen molar-refractivity contribution in [1.29, 1.82) is 0 Å². The molecule has 4 N–H and O–H groups in total. The van der Waals surface area contributed by atoms with Crippen molar-refractivity contribution in [3.8, 4) is 0 Å². The number of rotatable bonds is 12. The maximum absolute atomic E-state index is 12.8. The lowest BCUT2D eigenvalue weighted by molar-refractivity contribution is -0.121. The van der Waals surface area contributed by atoms with E-state index in [1.54, 1.807) is 12.1 Å². The van der Waals surface area contributed by atoms with Crippen LogP contribution in [0.1, 0.15) is 44.1 Å². The maximum atomic E-state index is 12.8.